The summed E-state index contributed by atoms with van der Waals surface area (Å²) in [5.41, 5.74) is 6.80. The molecule has 0 aliphatic rings. The molecule has 0 atom stereocenters. The van der Waals surface area contributed by atoms with Gasteiger partial charge in [0.15, 0.2) is 11.0 Å². The summed E-state index contributed by atoms with van der Waals surface area (Å²) in [5.74, 6) is 0.206. The normalized spacial score (nSPS) is 10.9. The van der Waals surface area contributed by atoms with Crippen molar-refractivity contribution in [3.8, 4) is 17.1 Å². The molecule has 3 rings (SSSR count). The van der Waals surface area contributed by atoms with Crippen LogP contribution in [0, 0.1) is 12.8 Å². The van der Waals surface area contributed by atoms with E-state index in [1.54, 1.807) is 18.4 Å². The van der Waals surface area contributed by atoms with Crippen LogP contribution in [0.2, 0.25) is 0 Å². The summed E-state index contributed by atoms with van der Waals surface area (Å²) < 4.78 is 12.6. The van der Waals surface area contributed by atoms with E-state index in [4.69, 9.17) is 15.2 Å². The molecule has 12 heteroatoms. The van der Waals surface area contributed by atoms with E-state index in [0.717, 1.165) is 22.6 Å². The van der Waals surface area contributed by atoms with Gasteiger partial charge in [-0.25, -0.2) is 4.79 Å². The molecule has 0 spiro atoms. The van der Waals surface area contributed by atoms with Crippen molar-refractivity contribution in [2.75, 3.05) is 24.3 Å². The standard InChI is InChI=1S/C24H29N5O5S2/c1-6-33-23(32)18-14(4)19(20(25)31)36-22(18)26-17(30)12-35-24-28-27-21(29(24)5)15-7-9-16(10-8-15)34-11-13(2)3/h7-10,13H,6,11-12H2,1-5H3,(H2,25,31)(H,26,30). The summed E-state index contributed by atoms with van der Waals surface area (Å²) >= 11 is 2.14. The summed E-state index contributed by atoms with van der Waals surface area (Å²) in [4.78, 5) is 37.0. The first kappa shape index (κ1) is 27.2. The Morgan fingerprint density at radius 3 is 2.50 bits per heavy atom. The molecule has 0 fully saturated rings. The molecule has 3 aromatic rings. The van der Waals surface area contributed by atoms with Crippen molar-refractivity contribution in [2.45, 2.75) is 32.9 Å². The smallest absolute Gasteiger partial charge is 0.341 e. The number of primary amides is 1. The summed E-state index contributed by atoms with van der Waals surface area (Å²) in [5, 5.41) is 11.9. The van der Waals surface area contributed by atoms with Crippen molar-refractivity contribution in [3.63, 3.8) is 0 Å². The number of nitrogens with two attached hydrogens (primary N) is 1. The molecule has 36 heavy (non-hydrogen) atoms. The number of anilines is 1. The summed E-state index contributed by atoms with van der Waals surface area (Å²) in [6.45, 7) is 8.25. The van der Waals surface area contributed by atoms with E-state index in [9.17, 15) is 14.4 Å². The van der Waals surface area contributed by atoms with Crippen LogP contribution in [0.4, 0.5) is 5.00 Å². The van der Waals surface area contributed by atoms with Crippen LogP contribution in [0.5, 0.6) is 5.75 Å². The molecule has 2 aromatic heterocycles. The molecule has 0 aliphatic carbocycles. The van der Waals surface area contributed by atoms with Gasteiger partial charge < -0.3 is 25.1 Å². The highest BCUT2D eigenvalue weighted by Gasteiger charge is 2.26. The number of nitrogens with zero attached hydrogens (tertiary/aromatic N) is 3. The zero-order chi connectivity index (χ0) is 26.4. The third-order valence-electron chi connectivity index (χ3n) is 4.97. The van der Waals surface area contributed by atoms with E-state index < -0.39 is 11.9 Å². The molecule has 192 valence electrons. The van der Waals surface area contributed by atoms with Gasteiger partial charge in [-0.1, -0.05) is 25.6 Å². The van der Waals surface area contributed by atoms with E-state index in [2.05, 4.69) is 29.4 Å². The van der Waals surface area contributed by atoms with Gasteiger partial charge >= 0.3 is 5.97 Å². The van der Waals surface area contributed by atoms with Gasteiger partial charge in [-0.2, -0.15) is 0 Å². The highest BCUT2D eigenvalue weighted by atomic mass is 32.2. The van der Waals surface area contributed by atoms with Crippen molar-refractivity contribution in [1.82, 2.24) is 14.8 Å². The number of ether oxygens (including phenoxy) is 2. The predicted octanol–water partition coefficient (Wildman–Crippen LogP) is 3.89. The monoisotopic (exact) mass is 531 g/mol. The zero-order valence-electron chi connectivity index (χ0n) is 20.8. The maximum absolute atomic E-state index is 12.7. The Balaban J connectivity index is 1.68. The number of rotatable bonds is 11. The molecule has 3 N–H and O–H groups in total. The first-order valence-corrected chi connectivity index (χ1v) is 13.1. The Morgan fingerprint density at radius 2 is 1.89 bits per heavy atom. The second kappa shape index (κ2) is 12.0. The summed E-state index contributed by atoms with van der Waals surface area (Å²) in [7, 11) is 1.82. The lowest BCUT2D eigenvalue weighted by Crippen LogP contribution is -2.17. The van der Waals surface area contributed by atoms with E-state index in [-0.39, 0.29) is 33.7 Å². The van der Waals surface area contributed by atoms with Crippen molar-refractivity contribution in [1.29, 1.82) is 0 Å². The quantitative estimate of drug-likeness (QED) is 0.281. The topological polar surface area (TPSA) is 138 Å². The second-order valence-electron chi connectivity index (χ2n) is 8.28. The van der Waals surface area contributed by atoms with E-state index >= 15 is 0 Å². The van der Waals surface area contributed by atoms with Crippen LogP contribution in [-0.4, -0.2) is 51.5 Å². The number of carbonyl (C=O) groups excluding carboxylic acids is 3. The third kappa shape index (κ3) is 6.43. The van der Waals surface area contributed by atoms with Crippen molar-refractivity contribution >= 4 is 45.9 Å². The minimum Gasteiger partial charge on any atom is -0.493 e. The molecule has 0 saturated carbocycles. The maximum Gasteiger partial charge on any atom is 0.341 e. The SMILES string of the molecule is CCOC(=O)c1c(NC(=O)CSc2nnc(-c3ccc(OCC(C)C)cc3)n2C)sc(C(N)=O)c1C. The van der Waals surface area contributed by atoms with E-state index in [0.29, 0.717) is 29.1 Å². The van der Waals surface area contributed by atoms with Crippen LogP contribution < -0.4 is 15.8 Å². The zero-order valence-corrected chi connectivity index (χ0v) is 22.4. The molecule has 2 heterocycles. The van der Waals surface area contributed by atoms with Crippen LogP contribution in [0.25, 0.3) is 11.4 Å². The fourth-order valence-electron chi connectivity index (χ4n) is 3.23. The largest absolute Gasteiger partial charge is 0.493 e. The summed E-state index contributed by atoms with van der Waals surface area (Å²) in [6.07, 6.45) is 0. The molecule has 0 saturated heterocycles. The van der Waals surface area contributed by atoms with E-state index in [1.807, 2.05) is 31.3 Å². The minimum absolute atomic E-state index is 0.0130. The number of aromatic nitrogens is 3. The lowest BCUT2D eigenvalue weighted by atomic mass is 10.1. The second-order valence-corrected chi connectivity index (χ2v) is 10.2. The number of esters is 1. The van der Waals surface area contributed by atoms with Gasteiger partial charge in [0.25, 0.3) is 5.91 Å². The number of hydrogen-bond acceptors (Lipinski definition) is 9. The van der Waals surface area contributed by atoms with Crippen molar-refractivity contribution in [2.24, 2.45) is 18.7 Å². The number of thiophene rings is 1. The minimum atomic E-state index is -0.677. The average Bonchev–Trinajstić information content (AvgIpc) is 3.36. The molecule has 10 nitrogen and oxygen atoms in total. The average molecular weight is 532 g/mol. The summed E-state index contributed by atoms with van der Waals surface area (Å²) in [6, 6.07) is 7.59. The lowest BCUT2D eigenvalue weighted by molar-refractivity contribution is -0.113. The van der Waals surface area contributed by atoms with Crippen molar-refractivity contribution < 1.29 is 23.9 Å². The van der Waals surface area contributed by atoms with Gasteiger partial charge in [0.05, 0.1) is 29.4 Å². The Kier molecular flexibility index (Phi) is 9.10. The van der Waals surface area contributed by atoms with Gasteiger partial charge in [0.2, 0.25) is 5.91 Å². The number of nitrogens with one attached hydrogen (secondary N) is 1. The van der Waals surface area contributed by atoms with Crippen LogP contribution in [-0.2, 0) is 16.6 Å². The number of amides is 2. The van der Waals surface area contributed by atoms with Gasteiger partial charge in [0.1, 0.15) is 10.8 Å². The Labute approximate surface area is 217 Å². The number of thioether (sulfide) groups is 1. The van der Waals surface area contributed by atoms with Gasteiger partial charge in [0, 0.05) is 12.6 Å². The van der Waals surface area contributed by atoms with Crippen LogP contribution in [0.1, 0.15) is 46.4 Å². The molecular weight excluding hydrogens is 502 g/mol. The maximum atomic E-state index is 12.7. The molecule has 1 aromatic carbocycles. The third-order valence-corrected chi connectivity index (χ3v) is 7.21. The first-order valence-electron chi connectivity index (χ1n) is 11.3. The molecule has 0 bridgehead atoms. The fourth-order valence-corrected chi connectivity index (χ4v) is 5.01. The Bertz CT molecular complexity index is 1250. The fraction of sp³-hybridized carbons (Fsp3) is 0.375. The predicted molar refractivity (Wildman–Crippen MR) is 140 cm³/mol. The Morgan fingerprint density at radius 1 is 1.19 bits per heavy atom. The Hall–Kier alpha value is -3.38. The number of carbonyl (C=O) groups is 3. The van der Waals surface area contributed by atoms with Gasteiger partial charge in [-0.05, 0) is 49.6 Å². The number of hydrogen-bond donors (Lipinski definition) is 2. The van der Waals surface area contributed by atoms with Crippen molar-refractivity contribution in [3.05, 3.63) is 40.3 Å². The molecule has 0 unspecified atom stereocenters. The lowest BCUT2D eigenvalue weighted by Gasteiger charge is -2.09. The van der Waals surface area contributed by atoms with Crippen LogP contribution in [0.3, 0.4) is 0 Å². The molecular formula is C24H29N5O5S2. The first-order chi connectivity index (χ1) is 17.1. The highest BCUT2D eigenvalue weighted by molar-refractivity contribution is 7.99. The number of benzene rings is 1. The van der Waals surface area contributed by atoms with Gasteiger partial charge in [-0.3, -0.25) is 9.59 Å². The van der Waals surface area contributed by atoms with Gasteiger partial charge in [-0.15, -0.1) is 21.5 Å². The molecule has 0 aliphatic heterocycles. The van der Waals surface area contributed by atoms with Crippen LogP contribution >= 0.6 is 23.1 Å². The molecule has 0 radical (unpaired) electrons. The highest BCUT2D eigenvalue weighted by Crippen LogP contribution is 2.34. The molecule has 2 amide bonds. The van der Waals surface area contributed by atoms with E-state index in [1.165, 1.54) is 11.8 Å². The van der Waals surface area contributed by atoms with Crippen LogP contribution in [0.15, 0.2) is 29.4 Å².